The van der Waals surface area contributed by atoms with Crippen LogP contribution in [-0.4, -0.2) is 13.4 Å². The van der Waals surface area contributed by atoms with Gasteiger partial charge in [-0.25, -0.2) is 8.42 Å². The highest BCUT2D eigenvalue weighted by molar-refractivity contribution is 7.96. The zero-order valence-electron chi connectivity index (χ0n) is 9.30. The summed E-state index contributed by atoms with van der Waals surface area (Å²) in [6, 6.07) is 8.02. The number of hydrogen-bond donors (Lipinski definition) is 1. The quantitative estimate of drug-likeness (QED) is 0.370. The van der Waals surface area contributed by atoms with Crippen molar-refractivity contribution in [2.24, 2.45) is 0 Å². The molecule has 92 valence electrons. The van der Waals surface area contributed by atoms with Crippen molar-refractivity contribution in [1.29, 1.82) is 0 Å². The van der Waals surface area contributed by atoms with Crippen LogP contribution >= 0.6 is 11.6 Å². The summed E-state index contributed by atoms with van der Waals surface area (Å²) in [4.78, 5) is -1.01. The largest absolute Gasteiger partial charge is 0.360 e. The summed E-state index contributed by atoms with van der Waals surface area (Å²) in [6.07, 6.45) is 6.64. The first-order valence-electron chi connectivity index (χ1n) is 5.17. The van der Waals surface area contributed by atoms with Crippen molar-refractivity contribution in [3.8, 4) is 11.2 Å². The minimum atomic E-state index is -3.64. The van der Waals surface area contributed by atoms with Crippen LogP contribution in [0.15, 0.2) is 59.7 Å². The van der Waals surface area contributed by atoms with Crippen LogP contribution in [-0.2, 0) is 9.84 Å². The molecule has 3 nitrogen and oxygen atoms in total. The van der Waals surface area contributed by atoms with E-state index >= 15 is 0 Å². The molecule has 1 atom stereocenters. The Morgan fingerprint density at radius 1 is 1.17 bits per heavy atom. The van der Waals surface area contributed by atoms with Crippen LogP contribution in [0.25, 0.3) is 0 Å². The molecule has 0 aliphatic carbocycles. The second kappa shape index (κ2) is 4.89. The molecule has 0 fully saturated rings. The van der Waals surface area contributed by atoms with Crippen LogP contribution < -0.4 is 5.32 Å². The van der Waals surface area contributed by atoms with Gasteiger partial charge in [0.2, 0.25) is 9.84 Å². The SMILES string of the molecule is O=S(=O)(C#CC1(Cl)C=CC=CN1)c1ccccc1. The summed E-state index contributed by atoms with van der Waals surface area (Å²) in [5, 5.41) is 5.01. The number of dihydropyridines is 1. The lowest BCUT2D eigenvalue weighted by molar-refractivity contribution is 0.606. The Bertz CT molecular complexity index is 653. The number of hydrogen-bond acceptors (Lipinski definition) is 3. The molecule has 2 rings (SSSR count). The zero-order chi connectivity index (χ0) is 13.1. The van der Waals surface area contributed by atoms with E-state index < -0.39 is 14.8 Å². The highest BCUT2D eigenvalue weighted by atomic mass is 35.5. The topological polar surface area (TPSA) is 46.2 Å². The summed E-state index contributed by atoms with van der Waals surface area (Å²) in [7, 11) is -3.64. The van der Waals surface area contributed by atoms with E-state index in [9.17, 15) is 8.42 Å². The van der Waals surface area contributed by atoms with E-state index in [4.69, 9.17) is 11.6 Å². The fourth-order valence-corrected chi connectivity index (χ4v) is 2.51. The van der Waals surface area contributed by atoms with Gasteiger partial charge in [0.15, 0.2) is 5.00 Å². The molecule has 0 radical (unpaired) electrons. The third kappa shape index (κ3) is 2.95. The van der Waals surface area contributed by atoms with E-state index in [0.717, 1.165) is 0 Å². The Morgan fingerprint density at radius 3 is 2.50 bits per heavy atom. The number of alkyl halides is 1. The molecule has 5 heteroatoms. The normalized spacial score (nSPS) is 21.8. The Kier molecular flexibility index (Phi) is 3.46. The van der Waals surface area contributed by atoms with E-state index in [0.29, 0.717) is 0 Å². The third-order valence-electron chi connectivity index (χ3n) is 2.25. The number of benzene rings is 1. The summed E-state index contributed by atoms with van der Waals surface area (Å²) >= 11 is 6.08. The molecule has 1 N–H and O–H groups in total. The molecule has 0 bridgehead atoms. The maximum atomic E-state index is 11.9. The molecular weight excluding hydrogens is 270 g/mol. The number of sulfone groups is 1. The lowest BCUT2D eigenvalue weighted by Crippen LogP contribution is -2.33. The van der Waals surface area contributed by atoms with E-state index in [1.54, 1.807) is 42.6 Å². The van der Waals surface area contributed by atoms with Crippen molar-refractivity contribution >= 4 is 21.4 Å². The van der Waals surface area contributed by atoms with Crippen molar-refractivity contribution in [2.45, 2.75) is 9.89 Å². The fourth-order valence-electron chi connectivity index (χ4n) is 1.34. The second-order valence-electron chi connectivity index (χ2n) is 3.62. The maximum Gasteiger partial charge on any atom is 0.245 e. The Morgan fingerprint density at radius 2 is 1.89 bits per heavy atom. The lowest BCUT2D eigenvalue weighted by Gasteiger charge is -2.18. The van der Waals surface area contributed by atoms with Crippen LogP contribution in [0.5, 0.6) is 0 Å². The number of nitrogens with one attached hydrogen (secondary N) is 1. The molecule has 0 saturated carbocycles. The standard InChI is InChI=1S/C13H10ClNO2S/c14-13(8-4-5-10-15-13)9-11-18(16,17)12-6-2-1-3-7-12/h1-8,10,15H. The van der Waals surface area contributed by atoms with Gasteiger partial charge in [-0.3, -0.25) is 0 Å². The van der Waals surface area contributed by atoms with Crippen molar-refractivity contribution in [1.82, 2.24) is 5.32 Å². The average molecular weight is 280 g/mol. The van der Waals surface area contributed by atoms with Crippen molar-refractivity contribution in [2.75, 3.05) is 0 Å². The van der Waals surface area contributed by atoms with E-state index in [1.165, 1.54) is 12.1 Å². The first-order chi connectivity index (χ1) is 8.52. The van der Waals surface area contributed by atoms with Gasteiger partial charge in [0.05, 0.1) is 4.90 Å². The predicted octanol–water partition coefficient (Wildman–Crippen LogP) is 2.03. The first-order valence-corrected chi connectivity index (χ1v) is 7.03. The van der Waals surface area contributed by atoms with Crippen LogP contribution in [0.3, 0.4) is 0 Å². The molecule has 1 aromatic rings. The number of halogens is 1. The van der Waals surface area contributed by atoms with Crippen LogP contribution in [0.2, 0.25) is 0 Å². The molecular formula is C13H10ClNO2S. The van der Waals surface area contributed by atoms with Gasteiger partial charge in [0, 0.05) is 5.25 Å². The third-order valence-corrected chi connectivity index (χ3v) is 3.84. The minimum absolute atomic E-state index is 0.160. The molecule has 1 heterocycles. The summed E-state index contributed by atoms with van der Waals surface area (Å²) in [5.74, 6) is 2.52. The zero-order valence-corrected chi connectivity index (χ0v) is 10.9. The van der Waals surface area contributed by atoms with Crippen molar-refractivity contribution in [3.63, 3.8) is 0 Å². The van der Waals surface area contributed by atoms with Gasteiger partial charge in [0.1, 0.15) is 0 Å². The predicted molar refractivity (Wildman–Crippen MR) is 71.4 cm³/mol. The molecule has 0 amide bonds. The van der Waals surface area contributed by atoms with Crippen molar-refractivity contribution < 1.29 is 8.42 Å². The molecule has 1 aromatic carbocycles. The summed E-state index contributed by atoms with van der Waals surface area (Å²) < 4.78 is 23.8. The monoisotopic (exact) mass is 279 g/mol. The van der Waals surface area contributed by atoms with Gasteiger partial charge in [-0.05, 0) is 36.4 Å². The molecule has 1 aliphatic heterocycles. The van der Waals surface area contributed by atoms with E-state index in [2.05, 4.69) is 16.5 Å². The maximum absolute atomic E-state index is 11.9. The van der Waals surface area contributed by atoms with Gasteiger partial charge in [-0.15, -0.1) is 0 Å². The number of rotatable bonds is 1. The summed E-state index contributed by atoms with van der Waals surface area (Å²) in [6.45, 7) is 0. The van der Waals surface area contributed by atoms with Crippen molar-refractivity contribution in [3.05, 3.63) is 54.8 Å². The Balaban J connectivity index is 2.30. The Labute approximate surface area is 111 Å². The van der Waals surface area contributed by atoms with Crippen LogP contribution in [0.4, 0.5) is 0 Å². The van der Waals surface area contributed by atoms with E-state index in [1.807, 2.05) is 0 Å². The molecule has 0 aromatic heterocycles. The molecule has 18 heavy (non-hydrogen) atoms. The van der Waals surface area contributed by atoms with Gasteiger partial charge < -0.3 is 5.32 Å². The van der Waals surface area contributed by atoms with Crippen LogP contribution in [0.1, 0.15) is 0 Å². The second-order valence-corrected chi connectivity index (χ2v) is 5.90. The Hall–Kier alpha value is -1.70. The highest BCUT2D eigenvalue weighted by Crippen LogP contribution is 2.16. The lowest BCUT2D eigenvalue weighted by atomic mass is 10.2. The molecule has 0 spiro atoms. The van der Waals surface area contributed by atoms with Gasteiger partial charge in [-0.1, -0.05) is 35.9 Å². The van der Waals surface area contributed by atoms with E-state index in [-0.39, 0.29) is 4.90 Å². The number of allylic oxidation sites excluding steroid dienone is 2. The highest BCUT2D eigenvalue weighted by Gasteiger charge is 2.21. The molecule has 0 saturated heterocycles. The minimum Gasteiger partial charge on any atom is -0.360 e. The molecule has 1 aliphatic rings. The fraction of sp³-hybridized carbons (Fsp3) is 0.0769. The van der Waals surface area contributed by atoms with Gasteiger partial charge >= 0.3 is 0 Å². The average Bonchev–Trinajstić information content (AvgIpc) is 2.39. The van der Waals surface area contributed by atoms with Crippen LogP contribution in [0, 0.1) is 11.2 Å². The smallest absolute Gasteiger partial charge is 0.245 e. The van der Waals surface area contributed by atoms with Gasteiger partial charge in [0.25, 0.3) is 0 Å². The molecule has 1 unspecified atom stereocenters. The van der Waals surface area contributed by atoms with Gasteiger partial charge in [-0.2, -0.15) is 0 Å². The summed E-state index contributed by atoms with van der Waals surface area (Å²) in [5.41, 5.74) is 0. The first kappa shape index (κ1) is 12.7.